The van der Waals surface area contributed by atoms with Crippen LogP contribution in [0.15, 0.2) is 41.3 Å². The standard InChI is InChI=1S/C16H11F2N3O6S/c17-16(18)26-11-3-2-9(6-12(11)27-16)20-14(22)7-28-13-4-1-8(15(19)23)5-10(13)21(24)25/h1-6H,7H2,(H2,19,23)(H,20,22). The molecule has 0 saturated carbocycles. The highest BCUT2D eigenvalue weighted by molar-refractivity contribution is 8.00. The maximum Gasteiger partial charge on any atom is 0.586 e. The number of ether oxygens (including phenoxy) is 2. The molecule has 0 radical (unpaired) electrons. The van der Waals surface area contributed by atoms with Crippen molar-refractivity contribution in [2.24, 2.45) is 5.73 Å². The Morgan fingerprint density at radius 3 is 2.57 bits per heavy atom. The van der Waals surface area contributed by atoms with E-state index in [0.29, 0.717) is 0 Å². The summed E-state index contributed by atoms with van der Waals surface area (Å²) >= 11 is 0.867. The maximum atomic E-state index is 13.0. The molecule has 2 aromatic carbocycles. The summed E-state index contributed by atoms with van der Waals surface area (Å²) in [5.74, 6) is -1.95. The first-order valence-corrected chi connectivity index (χ1v) is 8.54. The lowest BCUT2D eigenvalue weighted by atomic mass is 10.2. The molecule has 28 heavy (non-hydrogen) atoms. The summed E-state index contributed by atoms with van der Waals surface area (Å²) in [6, 6.07) is 7.39. The molecule has 2 amide bonds. The van der Waals surface area contributed by atoms with Gasteiger partial charge in [-0.15, -0.1) is 20.5 Å². The molecule has 0 unspecified atom stereocenters. The zero-order valence-corrected chi connectivity index (χ0v) is 14.6. The first-order valence-electron chi connectivity index (χ1n) is 7.55. The number of carbonyl (C=O) groups excluding carboxylic acids is 2. The predicted molar refractivity (Wildman–Crippen MR) is 93.6 cm³/mol. The number of nitrogens with one attached hydrogen (secondary N) is 1. The van der Waals surface area contributed by atoms with E-state index in [2.05, 4.69) is 14.8 Å². The molecule has 9 nitrogen and oxygen atoms in total. The molecule has 146 valence electrons. The van der Waals surface area contributed by atoms with Crippen molar-refractivity contribution >= 4 is 35.0 Å². The monoisotopic (exact) mass is 411 g/mol. The lowest BCUT2D eigenvalue weighted by Gasteiger charge is -2.07. The number of halogens is 2. The third kappa shape index (κ3) is 4.28. The van der Waals surface area contributed by atoms with Gasteiger partial charge in [0.2, 0.25) is 11.8 Å². The molecule has 3 N–H and O–H groups in total. The van der Waals surface area contributed by atoms with Gasteiger partial charge in [-0.2, -0.15) is 0 Å². The number of primary amides is 1. The van der Waals surface area contributed by atoms with Gasteiger partial charge in [-0.3, -0.25) is 19.7 Å². The largest absolute Gasteiger partial charge is 0.586 e. The van der Waals surface area contributed by atoms with Gasteiger partial charge in [0.15, 0.2) is 11.5 Å². The van der Waals surface area contributed by atoms with E-state index in [9.17, 15) is 28.5 Å². The van der Waals surface area contributed by atoms with E-state index in [-0.39, 0.29) is 39.1 Å². The maximum absolute atomic E-state index is 13.0. The van der Waals surface area contributed by atoms with Crippen LogP contribution < -0.4 is 20.5 Å². The lowest BCUT2D eigenvalue weighted by molar-refractivity contribution is -0.387. The smallest absolute Gasteiger partial charge is 0.395 e. The molecule has 0 aromatic heterocycles. The number of fused-ring (bicyclic) bond motifs is 1. The third-order valence-electron chi connectivity index (χ3n) is 3.48. The molecule has 3 rings (SSSR count). The second-order valence-electron chi connectivity index (χ2n) is 5.47. The number of carbonyl (C=O) groups is 2. The van der Waals surface area contributed by atoms with Crippen molar-refractivity contribution in [1.29, 1.82) is 0 Å². The highest BCUT2D eigenvalue weighted by Gasteiger charge is 2.43. The fraction of sp³-hybridized carbons (Fsp3) is 0.125. The molecular formula is C16H11F2N3O6S. The van der Waals surface area contributed by atoms with Crippen LogP contribution in [0.5, 0.6) is 11.5 Å². The molecule has 1 aliphatic rings. The van der Waals surface area contributed by atoms with E-state index >= 15 is 0 Å². The van der Waals surface area contributed by atoms with E-state index in [1.807, 2.05) is 0 Å². The SMILES string of the molecule is NC(=O)c1ccc(SCC(=O)Nc2ccc3c(c2)OC(F)(F)O3)c([N+](=O)[O-])c1. The first-order chi connectivity index (χ1) is 13.1. The van der Waals surface area contributed by atoms with E-state index in [1.54, 1.807) is 0 Å². The number of amides is 2. The quantitative estimate of drug-likeness (QED) is 0.424. The Labute approximate surface area is 159 Å². The molecule has 0 aliphatic carbocycles. The summed E-state index contributed by atoms with van der Waals surface area (Å²) in [5.41, 5.74) is 4.89. The molecule has 0 bridgehead atoms. The second-order valence-corrected chi connectivity index (χ2v) is 6.49. The number of hydrogen-bond donors (Lipinski definition) is 2. The van der Waals surface area contributed by atoms with Crippen molar-refractivity contribution in [1.82, 2.24) is 0 Å². The summed E-state index contributed by atoms with van der Waals surface area (Å²) in [7, 11) is 0. The highest BCUT2D eigenvalue weighted by Crippen LogP contribution is 2.42. The number of nitrogens with two attached hydrogens (primary N) is 1. The van der Waals surface area contributed by atoms with Crippen LogP contribution in [-0.2, 0) is 4.79 Å². The summed E-state index contributed by atoms with van der Waals surface area (Å²) in [4.78, 5) is 33.8. The first kappa shape index (κ1) is 19.4. The van der Waals surface area contributed by atoms with Crippen LogP contribution in [0.3, 0.4) is 0 Å². The number of nitrogens with zero attached hydrogens (tertiary/aromatic N) is 1. The molecule has 0 saturated heterocycles. The number of anilines is 1. The fourth-order valence-corrected chi connectivity index (χ4v) is 3.11. The molecular weight excluding hydrogens is 400 g/mol. The van der Waals surface area contributed by atoms with Gasteiger partial charge in [0.05, 0.1) is 15.6 Å². The van der Waals surface area contributed by atoms with Gasteiger partial charge in [0.1, 0.15) is 0 Å². The van der Waals surface area contributed by atoms with Crippen LogP contribution in [0.2, 0.25) is 0 Å². The average molecular weight is 411 g/mol. The number of nitro benzene ring substituents is 1. The molecule has 0 fully saturated rings. The second kappa shape index (κ2) is 7.31. The van der Waals surface area contributed by atoms with Gasteiger partial charge in [-0.05, 0) is 24.3 Å². The molecule has 1 heterocycles. The Morgan fingerprint density at radius 1 is 1.18 bits per heavy atom. The van der Waals surface area contributed by atoms with Crippen molar-refractivity contribution in [3.05, 3.63) is 52.1 Å². The van der Waals surface area contributed by atoms with Crippen LogP contribution in [0.25, 0.3) is 0 Å². The van der Waals surface area contributed by atoms with Crippen molar-refractivity contribution in [3.8, 4) is 11.5 Å². The Bertz CT molecular complexity index is 985. The number of thioether (sulfide) groups is 1. The Balaban J connectivity index is 1.65. The number of hydrogen-bond acceptors (Lipinski definition) is 7. The van der Waals surface area contributed by atoms with Crippen molar-refractivity contribution in [3.63, 3.8) is 0 Å². The van der Waals surface area contributed by atoms with Gasteiger partial charge in [0.25, 0.3) is 5.69 Å². The normalized spacial score (nSPS) is 13.8. The number of benzene rings is 2. The summed E-state index contributed by atoms with van der Waals surface area (Å²) < 4.78 is 34.5. The van der Waals surface area contributed by atoms with Gasteiger partial charge < -0.3 is 20.5 Å². The summed E-state index contributed by atoms with van der Waals surface area (Å²) in [5, 5.41) is 13.6. The zero-order valence-electron chi connectivity index (χ0n) is 13.8. The van der Waals surface area contributed by atoms with Crippen molar-refractivity contribution < 1.29 is 32.8 Å². The molecule has 12 heteroatoms. The van der Waals surface area contributed by atoms with Gasteiger partial charge in [-0.25, -0.2) is 0 Å². The minimum Gasteiger partial charge on any atom is -0.395 e. The van der Waals surface area contributed by atoms with E-state index < -0.39 is 23.0 Å². The van der Waals surface area contributed by atoms with Gasteiger partial charge in [-0.1, -0.05) is 0 Å². The molecule has 2 aromatic rings. The summed E-state index contributed by atoms with van der Waals surface area (Å²) in [6.45, 7) is 0. The zero-order chi connectivity index (χ0) is 20.5. The van der Waals surface area contributed by atoms with Crippen LogP contribution in [0, 0.1) is 10.1 Å². The van der Waals surface area contributed by atoms with Crippen LogP contribution >= 0.6 is 11.8 Å². The van der Waals surface area contributed by atoms with Crippen molar-refractivity contribution in [2.45, 2.75) is 11.2 Å². The van der Waals surface area contributed by atoms with E-state index in [0.717, 1.165) is 17.8 Å². The Hall–Kier alpha value is -3.41. The molecule has 0 atom stereocenters. The number of alkyl halides is 2. The minimum absolute atomic E-state index is 0.0299. The van der Waals surface area contributed by atoms with E-state index in [1.165, 1.54) is 30.3 Å². The Morgan fingerprint density at radius 2 is 1.89 bits per heavy atom. The minimum atomic E-state index is -3.77. The van der Waals surface area contributed by atoms with Gasteiger partial charge in [0, 0.05) is 23.4 Å². The Kier molecular flexibility index (Phi) is 5.05. The highest BCUT2D eigenvalue weighted by atomic mass is 32.2. The average Bonchev–Trinajstić information content (AvgIpc) is 2.92. The number of nitro groups is 1. The van der Waals surface area contributed by atoms with Crippen LogP contribution in [0.1, 0.15) is 10.4 Å². The van der Waals surface area contributed by atoms with E-state index in [4.69, 9.17) is 5.73 Å². The third-order valence-corrected chi connectivity index (χ3v) is 4.55. The van der Waals surface area contributed by atoms with Crippen molar-refractivity contribution in [2.75, 3.05) is 11.1 Å². The molecule has 1 aliphatic heterocycles. The topological polar surface area (TPSA) is 134 Å². The fourth-order valence-electron chi connectivity index (χ4n) is 2.30. The number of rotatable bonds is 6. The predicted octanol–water partition coefficient (Wildman–Crippen LogP) is 2.75. The summed E-state index contributed by atoms with van der Waals surface area (Å²) in [6.07, 6.45) is -3.77. The molecule has 0 spiro atoms. The van der Waals surface area contributed by atoms with Crippen LogP contribution in [0.4, 0.5) is 20.2 Å². The van der Waals surface area contributed by atoms with Gasteiger partial charge >= 0.3 is 6.29 Å². The lowest BCUT2D eigenvalue weighted by Crippen LogP contribution is -2.25. The van der Waals surface area contributed by atoms with Crippen LogP contribution in [-0.4, -0.2) is 28.8 Å².